The monoisotopic (exact) mass is 297 g/mol. The highest BCUT2D eigenvalue weighted by atomic mass is 35.5. The van der Waals surface area contributed by atoms with Gasteiger partial charge in [0.05, 0.1) is 17.7 Å². The SMILES string of the molecule is CC(C)[C@@H](CO)NC(=O)c1sc2ccccc2c1Cl. The number of hydrogen-bond donors (Lipinski definition) is 2. The Morgan fingerprint density at radius 3 is 2.68 bits per heavy atom. The van der Waals surface area contributed by atoms with E-state index in [0.717, 1.165) is 10.1 Å². The van der Waals surface area contributed by atoms with Crippen LogP contribution in [0.4, 0.5) is 0 Å². The van der Waals surface area contributed by atoms with Crippen molar-refractivity contribution in [1.29, 1.82) is 0 Å². The van der Waals surface area contributed by atoms with E-state index >= 15 is 0 Å². The minimum atomic E-state index is -0.256. The predicted molar refractivity (Wildman–Crippen MR) is 80.0 cm³/mol. The molecule has 0 aliphatic carbocycles. The summed E-state index contributed by atoms with van der Waals surface area (Å²) >= 11 is 7.62. The fraction of sp³-hybridized carbons (Fsp3) is 0.357. The Kier molecular flexibility index (Phi) is 4.45. The van der Waals surface area contributed by atoms with Gasteiger partial charge in [-0.3, -0.25) is 4.79 Å². The van der Waals surface area contributed by atoms with Gasteiger partial charge in [-0.05, 0) is 12.0 Å². The van der Waals surface area contributed by atoms with Gasteiger partial charge in [0, 0.05) is 10.1 Å². The summed E-state index contributed by atoms with van der Waals surface area (Å²) in [4.78, 5) is 12.7. The van der Waals surface area contributed by atoms with Crippen LogP contribution in [-0.4, -0.2) is 23.7 Å². The molecular weight excluding hydrogens is 282 g/mol. The Balaban J connectivity index is 2.29. The third-order valence-corrected chi connectivity index (χ3v) is 4.73. The second kappa shape index (κ2) is 5.90. The predicted octanol–water partition coefficient (Wildman–Crippen LogP) is 3.30. The number of benzene rings is 1. The van der Waals surface area contributed by atoms with Gasteiger partial charge in [0.15, 0.2) is 0 Å². The van der Waals surface area contributed by atoms with Crippen LogP contribution in [-0.2, 0) is 0 Å². The van der Waals surface area contributed by atoms with Crippen LogP contribution in [0.1, 0.15) is 23.5 Å². The number of carbonyl (C=O) groups excluding carboxylic acids is 1. The summed E-state index contributed by atoms with van der Waals surface area (Å²) in [6.45, 7) is 3.83. The normalized spacial score (nSPS) is 12.9. The lowest BCUT2D eigenvalue weighted by atomic mass is 10.1. The van der Waals surface area contributed by atoms with Crippen LogP contribution in [0.2, 0.25) is 5.02 Å². The standard InChI is InChI=1S/C14H16ClNO2S/c1-8(2)10(7-17)16-14(18)13-12(15)9-5-3-4-6-11(9)19-13/h3-6,8,10,17H,7H2,1-2H3,(H,16,18)/t10-/m1/s1. The Labute approximate surface area is 121 Å². The fourth-order valence-electron chi connectivity index (χ4n) is 1.82. The molecule has 0 fully saturated rings. The lowest BCUT2D eigenvalue weighted by molar-refractivity contribution is 0.0901. The molecule has 5 heteroatoms. The van der Waals surface area contributed by atoms with Gasteiger partial charge in [0.1, 0.15) is 4.88 Å². The molecule has 1 atom stereocenters. The number of aliphatic hydroxyl groups is 1. The molecule has 0 bridgehead atoms. The van der Waals surface area contributed by atoms with Crippen LogP contribution in [0.15, 0.2) is 24.3 Å². The van der Waals surface area contributed by atoms with Crippen molar-refractivity contribution < 1.29 is 9.90 Å². The van der Waals surface area contributed by atoms with E-state index in [1.165, 1.54) is 11.3 Å². The van der Waals surface area contributed by atoms with Crippen molar-refractivity contribution in [2.45, 2.75) is 19.9 Å². The van der Waals surface area contributed by atoms with Crippen LogP contribution in [0, 0.1) is 5.92 Å². The summed E-state index contributed by atoms with van der Waals surface area (Å²) in [6.07, 6.45) is 0. The molecule has 2 aromatic rings. The van der Waals surface area contributed by atoms with E-state index in [1.54, 1.807) is 0 Å². The van der Waals surface area contributed by atoms with Gasteiger partial charge in [-0.25, -0.2) is 0 Å². The van der Waals surface area contributed by atoms with Crippen LogP contribution < -0.4 is 5.32 Å². The Bertz CT molecular complexity index is 594. The highest BCUT2D eigenvalue weighted by Crippen LogP contribution is 2.35. The zero-order valence-electron chi connectivity index (χ0n) is 10.8. The molecule has 1 amide bonds. The molecule has 1 heterocycles. The number of rotatable bonds is 4. The van der Waals surface area contributed by atoms with Crippen molar-refractivity contribution >= 4 is 38.9 Å². The van der Waals surface area contributed by atoms with Gasteiger partial charge in [0.2, 0.25) is 0 Å². The maximum Gasteiger partial charge on any atom is 0.263 e. The van der Waals surface area contributed by atoms with Crippen molar-refractivity contribution in [2.24, 2.45) is 5.92 Å². The van der Waals surface area contributed by atoms with Gasteiger partial charge in [-0.15, -0.1) is 11.3 Å². The minimum absolute atomic E-state index is 0.0775. The van der Waals surface area contributed by atoms with Crippen molar-refractivity contribution in [3.8, 4) is 0 Å². The van der Waals surface area contributed by atoms with Crippen LogP contribution in [0.25, 0.3) is 10.1 Å². The summed E-state index contributed by atoms with van der Waals surface area (Å²) < 4.78 is 0.989. The molecule has 2 rings (SSSR count). The van der Waals surface area contributed by atoms with E-state index in [2.05, 4.69) is 5.32 Å². The van der Waals surface area contributed by atoms with Gasteiger partial charge in [-0.2, -0.15) is 0 Å². The first kappa shape index (κ1) is 14.3. The van der Waals surface area contributed by atoms with Crippen molar-refractivity contribution in [3.05, 3.63) is 34.2 Å². The third kappa shape index (κ3) is 2.91. The van der Waals surface area contributed by atoms with Crippen LogP contribution in [0.3, 0.4) is 0 Å². The molecule has 19 heavy (non-hydrogen) atoms. The second-order valence-electron chi connectivity index (χ2n) is 4.75. The topological polar surface area (TPSA) is 49.3 Å². The molecule has 0 unspecified atom stereocenters. The molecule has 102 valence electrons. The molecule has 1 aromatic carbocycles. The first-order valence-corrected chi connectivity index (χ1v) is 7.32. The average Bonchev–Trinajstić information content (AvgIpc) is 2.73. The van der Waals surface area contributed by atoms with Crippen LogP contribution in [0.5, 0.6) is 0 Å². The zero-order valence-corrected chi connectivity index (χ0v) is 12.4. The number of fused-ring (bicyclic) bond motifs is 1. The molecule has 1 aromatic heterocycles. The average molecular weight is 298 g/mol. The molecule has 0 aliphatic rings. The number of hydrogen-bond acceptors (Lipinski definition) is 3. The Morgan fingerprint density at radius 1 is 1.42 bits per heavy atom. The Hall–Kier alpha value is -1.10. The number of aliphatic hydroxyl groups excluding tert-OH is 1. The first-order valence-electron chi connectivity index (χ1n) is 6.13. The molecular formula is C14H16ClNO2S. The number of carbonyl (C=O) groups is 1. The lowest BCUT2D eigenvalue weighted by Crippen LogP contribution is -2.40. The van der Waals surface area contributed by atoms with Crippen molar-refractivity contribution in [3.63, 3.8) is 0 Å². The highest BCUT2D eigenvalue weighted by molar-refractivity contribution is 7.21. The maximum atomic E-state index is 12.2. The molecule has 0 aliphatic heterocycles. The van der Waals surface area contributed by atoms with E-state index in [4.69, 9.17) is 11.6 Å². The molecule has 0 radical (unpaired) electrons. The van der Waals surface area contributed by atoms with E-state index in [9.17, 15) is 9.90 Å². The number of amides is 1. The molecule has 0 saturated carbocycles. The summed E-state index contributed by atoms with van der Waals surface area (Å²) in [7, 11) is 0. The quantitative estimate of drug-likeness (QED) is 0.909. The molecule has 2 N–H and O–H groups in total. The smallest absolute Gasteiger partial charge is 0.263 e. The van der Waals surface area contributed by atoms with Crippen molar-refractivity contribution in [1.82, 2.24) is 5.32 Å². The largest absolute Gasteiger partial charge is 0.394 e. The van der Waals surface area contributed by atoms with Crippen molar-refractivity contribution in [2.75, 3.05) is 6.61 Å². The summed E-state index contributed by atoms with van der Waals surface area (Å²) in [5, 5.41) is 13.5. The number of thiophene rings is 1. The second-order valence-corrected chi connectivity index (χ2v) is 6.18. The summed E-state index contributed by atoms with van der Waals surface area (Å²) in [5.41, 5.74) is 0. The van der Waals surface area contributed by atoms with E-state index in [-0.39, 0.29) is 24.5 Å². The molecule has 0 saturated heterocycles. The first-order chi connectivity index (χ1) is 9.04. The summed E-state index contributed by atoms with van der Waals surface area (Å²) in [6, 6.07) is 7.40. The third-order valence-electron chi connectivity index (χ3n) is 3.06. The number of nitrogens with one attached hydrogen (secondary N) is 1. The minimum Gasteiger partial charge on any atom is -0.394 e. The fourth-order valence-corrected chi connectivity index (χ4v) is 3.24. The lowest BCUT2D eigenvalue weighted by Gasteiger charge is -2.19. The molecule has 0 spiro atoms. The van der Waals surface area contributed by atoms with E-state index in [1.807, 2.05) is 38.1 Å². The van der Waals surface area contributed by atoms with Gasteiger partial charge < -0.3 is 10.4 Å². The summed E-state index contributed by atoms with van der Waals surface area (Å²) in [5.74, 6) is -0.0546. The number of halogens is 1. The van der Waals surface area contributed by atoms with Gasteiger partial charge >= 0.3 is 0 Å². The maximum absolute atomic E-state index is 12.2. The van der Waals surface area contributed by atoms with Crippen LogP contribution >= 0.6 is 22.9 Å². The van der Waals surface area contributed by atoms with E-state index < -0.39 is 0 Å². The van der Waals surface area contributed by atoms with Gasteiger partial charge in [0.25, 0.3) is 5.91 Å². The molecule has 3 nitrogen and oxygen atoms in total. The van der Waals surface area contributed by atoms with Gasteiger partial charge in [-0.1, -0.05) is 43.6 Å². The highest BCUT2D eigenvalue weighted by Gasteiger charge is 2.21. The Morgan fingerprint density at radius 2 is 2.11 bits per heavy atom. The van der Waals surface area contributed by atoms with E-state index in [0.29, 0.717) is 9.90 Å². The zero-order chi connectivity index (χ0) is 14.0.